The maximum absolute atomic E-state index is 6.30. The van der Waals surface area contributed by atoms with Gasteiger partial charge in [0, 0.05) is 38.2 Å². The molecule has 0 aliphatic rings. The predicted octanol–water partition coefficient (Wildman–Crippen LogP) is 14.3. The zero-order valence-electron chi connectivity index (χ0n) is 31.1. The third kappa shape index (κ3) is 5.14. The minimum atomic E-state index is 0.597. The fourth-order valence-electron chi connectivity index (χ4n) is 8.63. The van der Waals surface area contributed by atoms with E-state index >= 15 is 0 Å². The number of furan rings is 2. The van der Waals surface area contributed by atoms with Gasteiger partial charge < -0.3 is 8.83 Å². The van der Waals surface area contributed by atoms with E-state index in [9.17, 15) is 0 Å². The van der Waals surface area contributed by atoms with E-state index in [1.165, 1.54) is 0 Å². The first-order valence-corrected chi connectivity index (χ1v) is 19.4. The normalized spacial score (nSPS) is 11.8. The average molecular weight is 742 g/mol. The van der Waals surface area contributed by atoms with Crippen molar-refractivity contribution in [3.63, 3.8) is 0 Å². The maximum atomic E-state index is 6.30. The fourth-order valence-corrected chi connectivity index (χ4v) is 8.63. The van der Waals surface area contributed by atoms with Gasteiger partial charge in [-0.15, -0.1) is 0 Å². The molecule has 5 nitrogen and oxygen atoms in total. The Hall–Kier alpha value is -7.89. The highest BCUT2D eigenvalue weighted by Crippen LogP contribution is 2.42. The summed E-state index contributed by atoms with van der Waals surface area (Å²) < 4.78 is 12.6. The SMILES string of the molecule is c1ccc(-c2cccc(-c3nc(-c4ccc5ccc6oc7ccccc7c6c5c4)nc(-c4ccc(-c5cccc6oc7ccccc7c56)c5ccccc45)n3)c2)cc1. The summed E-state index contributed by atoms with van der Waals surface area (Å²) in [6, 6.07) is 65.1. The fraction of sp³-hybridized carbons (Fsp3) is 0. The van der Waals surface area contributed by atoms with Crippen molar-refractivity contribution in [1.29, 1.82) is 0 Å². The molecule has 0 radical (unpaired) electrons. The van der Waals surface area contributed by atoms with Gasteiger partial charge >= 0.3 is 0 Å². The van der Waals surface area contributed by atoms with E-state index in [-0.39, 0.29) is 0 Å². The molecular weight excluding hydrogens is 711 g/mol. The Bertz CT molecular complexity index is 3580. The lowest BCUT2D eigenvalue weighted by atomic mass is 9.92. The van der Waals surface area contributed by atoms with Gasteiger partial charge in [-0.25, -0.2) is 15.0 Å². The minimum absolute atomic E-state index is 0.597. The molecule has 3 heterocycles. The van der Waals surface area contributed by atoms with Crippen molar-refractivity contribution in [3.05, 3.63) is 188 Å². The molecule has 9 aromatic carbocycles. The van der Waals surface area contributed by atoms with Crippen LogP contribution in [0, 0.1) is 0 Å². The number of benzene rings is 9. The van der Waals surface area contributed by atoms with E-state index in [1.807, 2.05) is 36.4 Å². The Kier molecular flexibility index (Phi) is 7.16. The Morgan fingerprint density at radius 1 is 0.276 bits per heavy atom. The monoisotopic (exact) mass is 741 g/mol. The van der Waals surface area contributed by atoms with E-state index < -0.39 is 0 Å². The summed E-state index contributed by atoms with van der Waals surface area (Å²) in [7, 11) is 0. The average Bonchev–Trinajstić information content (AvgIpc) is 3.88. The van der Waals surface area contributed by atoms with Crippen molar-refractivity contribution in [2.75, 3.05) is 0 Å². The van der Waals surface area contributed by atoms with Gasteiger partial charge in [0.25, 0.3) is 0 Å². The summed E-state index contributed by atoms with van der Waals surface area (Å²) in [6.45, 7) is 0. The summed E-state index contributed by atoms with van der Waals surface area (Å²) in [6.07, 6.45) is 0. The molecule has 0 saturated carbocycles. The molecule has 5 heteroatoms. The van der Waals surface area contributed by atoms with Crippen LogP contribution < -0.4 is 0 Å². The Labute approximate surface area is 332 Å². The maximum Gasteiger partial charge on any atom is 0.164 e. The van der Waals surface area contributed by atoms with E-state index in [1.54, 1.807) is 0 Å². The molecule has 0 unspecified atom stereocenters. The smallest absolute Gasteiger partial charge is 0.164 e. The van der Waals surface area contributed by atoms with Crippen LogP contribution in [0.2, 0.25) is 0 Å². The zero-order valence-corrected chi connectivity index (χ0v) is 31.1. The number of rotatable bonds is 5. The third-order valence-electron chi connectivity index (χ3n) is 11.3. The van der Waals surface area contributed by atoms with E-state index in [2.05, 4.69) is 152 Å². The summed E-state index contributed by atoms with van der Waals surface area (Å²) in [5, 5.41) is 8.74. The van der Waals surface area contributed by atoms with Gasteiger partial charge in [-0.3, -0.25) is 0 Å². The summed E-state index contributed by atoms with van der Waals surface area (Å²) >= 11 is 0. The van der Waals surface area contributed by atoms with E-state index in [4.69, 9.17) is 23.8 Å². The second kappa shape index (κ2) is 12.8. The first-order chi connectivity index (χ1) is 28.7. The van der Waals surface area contributed by atoms with Gasteiger partial charge in [0.1, 0.15) is 22.3 Å². The molecular formula is C53H31N3O2. The van der Waals surface area contributed by atoms with Crippen LogP contribution in [-0.2, 0) is 0 Å². The Morgan fingerprint density at radius 2 is 0.810 bits per heavy atom. The molecule has 0 N–H and O–H groups in total. The minimum Gasteiger partial charge on any atom is -0.456 e. The Morgan fingerprint density at radius 3 is 1.59 bits per heavy atom. The zero-order chi connectivity index (χ0) is 38.2. The third-order valence-corrected chi connectivity index (χ3v) is 11.3. The lowest BCUT2D eigenvalue weighted by Crippen LogP contribution is -2.01. The van der Waals surface area contributed by atoms with Crippen molar-refractivity contribution >= 4 is 65.4 Å². The molecule has 3 aromatic heterocycles. The number of hydrogen-bond donors (Lipinski definition) is 0. The number of hydrogen-bond acceptors (Lipinski definition) is 5. The van der Waals surface area contributed by atoms with Crippen LogP contribution in [0.4, 0.5) is 0 Å². The highest BCUT2D eigenvalue weighted by Gasteiger charge is 2.20. The summed E-state index contributed by atoms with van der Waals surface area (Å²) in [5.74, 6) is 1.80. The quantitative estimate of drug-likeness (QED) is 0.176. The molecule has 270 valence electrons. The summed E-state index contributed by atoms with van der Waals surface area (Å²) in [4.78, 5) is 15.8. The lowest BCUT2D eigenvalue weighted by molar-refractivity contribution is 0.668. The van der Waals surface area contributed by atoms with Gasteiger partial charge in [-0.05, 0) is 86.3 Å². The van der Waals surface area contributed by atoms with Crippen LogP contribution in [-0.4, -0.2) is 15.0 Å². The van der Waals surface area contributed by atoms with Gasteiger partial charge in [-0.2, -0.15) is 0 Å². The van der Waals surface area contributed by atoms with E-state index in [0.717, 1.165) is 104 Å². The van der Waals surface area contributed by atoms with Crippen LogP contribution >= 0.6 is 0 Å². The first-order valence-electron chi connectivity index (χ1n) is 19.4. The topological polar surface area (TPSA) is 65.0 Å². The van der Waals surface area contributed by atoms with Gasteiger partial charge in [0.05, 0.1) is 0 Å². The summed E-state index contributed by atoms with van der Waals surface area (Å²) in [5.41, 5.74) is 10.7. The second-order valence-electron chi connectivity index (χ2n) is 14.7. The molecule has 0 fully saturated rings. The van der Waals surface area contributed by atoms with Crippen molar-refractivity contribution in [2.45, 2.75) is 0 Å². The van der Waals surface area contributed by atoms with E-state index in [0.29, 0.717) is 17.5 Å². The van der Waals surface area contributed by atoms with Crippen LogP contribution in [0.15, 0.2) is 197 Å². The molecule has 12 rings (SSSR count). The van der Waals surface area contributed by atoms with Crippen molar-refractivity contribution in [3.8, 4) is 56.4 Å². The molecule has 0 amide bonds. The molecule has 0 saturated heterocycles. The molecule has 0 spiro atoms. The lowest BCUT2D eigenvalue weighted by Gasteiger charge is -2.14. The number of para-hydroxylation sites is 2. The van der Waals surface area contributed by atoms with Crippen LogP contribution in [0.5, 0.6) is 0 Å². The molecule has 58 heavy (non-hydrogen) atoms. The van der Waals surface area contributed by atoms with Crippen LogP contribution in [0.25, 0.3) is 122 Å². The number of fused-ring (bicyclic) bond motifs is 9. The second-order valence-corrected chi connectivity index (χ2v) is 14.7. The highest BCUT2D eigenvalue weighted by atomic mass is 16.3. The van der Waals surface area contributed by atoms with Gasteiger partial charge in [0.2, 0.25) is 0 Å². The predicted molar refractivity (Wildman–Crippen MR) is 237 cm³/mol. The highest BCUT2D eigenvalue weighted by molar-refractivity contribution is 6.19. The van der Waals surface area contributed by atoms with Gasteiger partial charge in [-0.1, -0.05) is 146 Å². The molecule has 0 atom stereocenters. The number of nitrogens with zero attached hydrogens (tertiary/aromatic N) is 3. The molecule has 0 aliphatic carbocycles. The standard InChI is InChI=1S/C53H31N3O2/c1-2-12-32(13-3-1)34-14-10-15-35(30-34)51-54-52(36-25-24-33-26-29-48-50(44(33)31-36)43-19-7-9-22-46(43)58-48)56-53(55-51)41-28-27-39(37-16-4-5-17-38(37)41)40-20-11-23-47-49(40)42-18-6-8-21-45(42)57-47/h1-31H. The molecule has 0 bridgehead atoms. The molecule has 12 aromatic rings. The molecule has 0 aliphatic heterocycles. The van der Waals surface area contributed by atoms with Crippen molar-refractivity contribution < 1.29 is 8.83 Å². The van der Waals surface area contributed by atoms with Crippen molar-refractivity contribution in [1.82, 2.24) is 15.0 Å². The largest absolute Gasteiger partial charge is 0.456 e. The van der Waals surface area contributed by atoms with Gasteiger partial charge in [0.15, 0.2) is 17.5 Å². The van der Waals surface area contributed by atoms with Crippen LogP contribution in [0.3, 0.4) is 0 Å². The number of aromatic nitrogens is 3. The van der Waals surface area contributed by atoms with Crippen LogP contribution in [0.1, 0.15) is 0 Å². The van der Waals surface area contributed by atoms with Crippen molar-refractivity contribution in [2.24, 2.45) is 0 Å². The first kappa shape index (κ1) is 32.4. The Balaban J connectivity index is 1.09.